The molecule has 0 spiro atoms. The molecule has 0 saturated carbocycles. The fraction of sp³-hybridized carbons (Fsp3) is 0.545. The lowest BCUT2D eigenvalue weighted by Gasteiger charge is -2.24. The van der Waals surface area contributed by atoms with Crippen molar-refractivity contribution in [1.29, 1.82) is 5.26 Å². The van der Waals surface area contributed by atoms with Gasteiger partial charge in [-0.3, -0.25) is 9.59 Å². The summed E-state index contributed by atoms with van der Waals surface area (Å²) in [5.74, 6) is -0.478. The minimum atomic E-state index is -0.785. The summed E-state index contributed by atoms with van der Waals surface area (Å²) in [4.78, 5) is 36.9. The molecule has 3 amide bonds. The van der Waals surface area contributed by atoms with E-state index in [1.807, 2.05) is 44.2 Å². The summed E-state index contributed by atoms with van der Waals surface area (Å²) in [7, 11) is 0. The number of carbonyl (C=O) groups is 3. The van der Waals surface area contributed by atoms with E-state index in [0.29, 0.717) is 25.8 Å². The number of carbonyl (C=O) groups excluding carboxylic acids is 3. The Morgan fingerprint density at radius 2 is 2.00 bits per heavy atom. The van der Waals surface area contributed by atoms with Gasteiger partial charge in [-0.25, -0.2) is 4.79 Å². The van der Waals surface area contributed by atoms with Gasteiger partial charge in [0.15, 0.2) is 0 Å². The number of rotatable bonds is 10. The number of nitrogens with one attached hydrogen (secondary N) is 3. The average Bonchev–Trinajstić information content (AvgIpc) is 3.11. The monoisotopic (exact) mass is 414 g/mol. The Hall–Kier alpha value is -3.08. The molecule has 1 heterocycles. The van der Waals surface area contributed by atoms with Gasteiger partial charge in [-0.05, 0) is 30.7 Å². The van der Waals surface area contributed by atoms with Gasteiger partial charge < -0.3 is 20.7 Å². The molecule has 3 N–H and O–H groups in total. The van der Waals surface area contributed by atoms with Crippen LogP contribution in [-0.2, 0) is 20.9 Å². The summed E-state index contributed by atoms with van der Waals surface area (Å²) >= 11 is 0. The van der Waals surface area contributed by atoms with Crippen LogP contribution in [0.15, 0.2) is 30.3 Å². The second-order valence-electron chi connectivity index (χ2n) is 7.97. The fourth-order valence-corrected chi connectivity index (χ4v) is 3.43. The Kier molecular flexibility index (Phi) is 9.13. The Bertz CT molecular complexity index is 760. The quantitative estimate of drug-likeness (QED) is 0.542. The number of alkyl carbamates (subject to hydrolysis) is 1. The Morgan fingerprint density at radius 1 is 1.27 bits per heavy atom. The van der Waals surface area contributed by atoms with Crippen LogP contribution in [0.1, 0.15) is 45.1 Å². The molecule has 30 heavy (non-hydrogen) atoms. The molecule has 1 saturated heterocycles. The van der Waals surface area contributed by atoms with Crippen molar-refractivity contribution in [1.82, 2.24) is 16.0 Å². The first-order chi connectivity index (χ1) is 14.4. The zero-order valence-corrected chi connectivity index (χ0v) is 17.5. The summed E-state index contributed by atoms with van der Waals surface area (Å²) in [6.07, 6.45) is 0.943. The van der Waals surface area contributed by atoms with Gasteiger partial charge in [0.25, 0.3) is 0 Å². The van der Waals surface area contributed by atoms with Crippen molar-refractivity contribution < 1.29 is 19.1 Å². The van der Waals surface area contributed by atoms with Crippen LogP contribution in [0.25, 0.3) is 0 Å². The van der Waals surface area contributed by atoms with E-state index in [1.165, 1.54) is 0 Å². The molecule has 1 aliphatic heterocycles. The summed E-state index contributed by atoms with van der Waals surface area (Å²) < 4.78 is 5.23. The number of amides is 3. The van der Waals surface area contributed by atoms with Crippen LogP contribution >= 0.6 is 0 Å². The minimum Gasteiger partial charge on any atom is -0.445 e. The number of benzene rings is 1. The van der Waals surface area contributed by atoms with E-state index < -0.39 is 18.2 Å². The maximum atomic E-state index is 12.8. The van der Waals surface area contributed by atoms with Crippen molar-refractivity contribution in [2.75, 3.05) is 6.54 Å². The van der Waals surface area contributed by atoms with Crippen LogP contribution < -0.4 is 16.0 Å². The van der Waals surface area contributed by atoms with E-state index in [0.717, 1.165) is 5.56 Å². The topological polar surface area (TPSA) is 120 Å². The molecule has 1 aliphatic rings. The molecule has 0 unspecified atom stereocenters. The zero-order valence-electron chi connectivity index (χ0n) is 17.5. The molecule has 2 rings (SSSR count). The molecule has 0 bridgehead atoms. The van der Waals surface area contributed by atoms with E-state index in [4.69, 9.17) is 10.00 Å². The minimum absolute atomic E-state index is 0.0477. The second-order valence-corrected chi connectivity index (χ2v) is 7.97. The van der Waals surface area contributed by atoms with Crippen molar-refractivity contribution in [3.05, 3.63) is 35.9 Å². The SMILES string of the molecule is CC(C)C[C@H](NC(=O)OCc1ccccc1)C(=O)N[C@H](CC#N)C[C@@H]1CCNC1=O. The molecule has 1 fully saturated rings. The van der Waals surface area contributed by atoms with Crippen molar-refractivity contribution in [2.24, 2.45) is 11.8 Å². The van der Waals surface area contributed by atoms with Crippen LogP contribution in [0, 0.1) is 23.2 Å². The highest BCUT2D eigenvalue weighted by molar-refractivity contribution is 5.86. The first-order valence-corrected chi connectivity index (χ1v) is 10.3. The number of ether oxygens (including phenoxy) is 1. The predicted octanol–water partition coefficient (Wildman–Crippen LogP) is 2.25. The first-order valence-electron chi connectivity index (χ1n) is 10.3. The van der Waals surface area contributed by atoms with Crippen LogP contribution in [0.2, 0.25) is 0 Å². The van der Waals surface area contributed by atoms with Crippen molar-refractivity contribution in [3.63, 3.8) is 0 Å². The van der Waals surface area contributed by atoms with E-state index in [9.17, 15) is 14.4 Å². The van der Waals surface area contributed by atoms with Crippen molar-refractivity contribution in [2.45, 2.75) is 58.2 Å². The third kappa shape index (κ3) is 7.74. The molecule has 0 aliphatic carbocycles. The summed E-state index contributed by atoms with van der Waals surface area (Å²) in [6.45, 7) is 4.62. The maximum Gasteiger partial charge on any atom is 0.408 e. The average molecular weight is 415 g/mol. The normalized spacial score (nSPS) is 17.5. The predicted molar refractivity (Wildman–Crippen MR) is 111 cm³/mol. The van der Waals surface area contributed by atoms with Crippen LogP contribution in [0.4, 0.5) is 4.79 Å². The highest BCUT2D eigenvalue weighted by atomic mass is 16.5. The van der Waals surface area contributed by atoms with Gasteiger partial charge in [-0.2, -0.15) is 5.26 Å². The van der Waals surface area contributed by atoms with Crippen molar-refractivity contribution in [3.8, 4) is 6.07 Å². The first kappa shape index (κ1) is 23.2. The fourth-order valence-electron chi connectivity index (χ4n) is 3.43. The third-order valence-electron chi connectivity index (χ3n) is 4.94. The Morgan fingerprint density at radius 3 is 2.60 bits per heavy atom. The lowest BCUT2D eigenvalue weighted by molar-refractivity contribution is -0.126. The Labute approximate surface area is 177 Å². The summed E-state index contributed by atoms with van der Waals surface area (Å²) in [6, 6.07) is 10.1. The molecular formula is C22H30N4O4. The molecule has 0 radical (unpaired) electrons. The second kappa shape index (κ2) is 11.8. The van der Waals surface area contributed by atoms with E-state index in [-0.39, 0.29) is 36.7 Å². The Balaban J connectivity index is 1.94. The number of hydrogen-bond acceptors (Lipinski definition) is 5. The highest BCUT2D eigenvalue weighted by Crippen LogP contribution is 2.18. The van der Waals surface area contributed by atoms with Gasteiger partial charge in [0.2, 0.25) is 11.8 Å². The maximum absolute atomic E-state index is 12.8. The molecule has 1 aromatic carbocycles. The number of nitriles is 1. The van der Waals surface area contributed by atoms with Gasteiger partial charge in [-0.15, -0.1) is 0 Å². The van der Waals surface area contributed by atoms with Gasteiger partial charge in [-0.1, -0.05) is 44.2 Å². The largest absolute Gasteiger partial charge is 0.445 e. The van der Waals surface area contributed by atoms with Crippen LogP contribution in [0.3, 0.4) is 0 Å². The van der Waals surface area contributed by atoms with E-state index >= 15 is 0 Å². The number of hydrogen-bond donors (Lipinski definition) is 3. The zero-order chi connectivity index (χ0) is 21.9. The van der Waals surface area contributed by atoms with Gasteiger partial charge in [0, 0.05) is 18.5 Å². The third-order valence-corrected chi connectivity index (χ3v) is 4.94. The van der Waals surface area contributed by atoms with Gasteiger partial charge in [0.05, 0.1) is 12.5 Å². The standard InChI is InChI=1S/C22H30N4O4/c1-15(2)12-19(26-22(29)30-14-16-6-4-3-5-7-16)21(28)25-18(8-10-23)13-17-9-11-24-20(17)27/h3-7,15,17-19H,8-9,11-14H2,1-2H3,(H,24,27)(H,25,28)(H,26,29)/t17-,18+,19-/m0/s1. The molecule has 8 nitrogen and oxygen atoms in total. The molecule has 162 valence electrons. The van der Waals surface area contributed by atoms with E-state index in [2.05, 4.69) is 22.0 Å². The molecule has 0 aromatic heterocycles. The lowest BCUT2D eigenvalue weighted by Crippen LogP contribution is -2.50. The van der Waals surface area contributed by atoms with Crippen LogP contribution in [-0.4, -0.2) is 36.5 Å². The van der Waals surface area contributed by atoms with Gasteiger partial charge in [0.1, 0.15) is 12.6 Å². The summed E-state index contributed by atoms with van der Waals surface area (Å²) in [5, 5.41) is 17.3. The molecule has 8 heteroatoms. The van der Waals surface area contributed by atoms with Crippen molar-refractivity contribution >= 4 is 17.9 Å². The molecular weight excluding hydrogens is 384 g/mol. The molecule has 1 aromatic rings. The number of nitrogens with zero attached hydrogens (tertiary/aromatic N) is 1. The lowest BCUT2D eigenvalue weighted by atomic mass is 9.96. The van der Waals surface area contributed by atoms with E-state index in [1.54, 1.807) is 0 Å². The van der Waals surface area contributed by atoms with Gasteiger partial charge >= 0.3 is 6.09 Å². The van der Waals surface area contributed by atoms with Crippen LogP contribution in [0.5, 0.6) is 0 Å². The summed E-state index contributed by atoms with van der Waals surface area (Å²) in [5.41, 5.74) is 0.849. The highest BCUT2D eigenvalue weighted by Gasteiger charge is 2.30. The molecule has 3 atom stereocenters. The smallest absolute Gasteiger partial charge is 0.408 e.